The summed E-state index contributed by atoms with van der Waals surface area (Å²) in [6.45, 7) is 7.44. The summed E-state index contributed by atoms with van der Waals surface area (Å²) in [7, 11) is 0. The number of imide groups is 1. The first-order valence-corrected chi connectivity index (χ1v) is 14.5. The van der Waals surface area contributed by atoms with Crippen molar-refractivity contribution >= 4 is 64.1 Å². The van der Waals surface area contributed by atoms with Crippen molar-refractivity contribution in [2.24, 2.45) is 23.2 Å². The number of aryl methyl sites for hydroxylation is 1. The number of pyridine rings is 2. The number of rotatable bonds is 4. The molecular weight excluding hydrogens is 626 g/mol. The molecule has 0 radical (unpaired) electrons. The van der Waals surface area contributed by atoms with Crippen LogP contribution in [0.25, 0.3) is 21.5 Å². The molecule has 3 saturated heterocycles. The van der Waals surface area contributed by atoms with Gasteiger partial charge in [-0.15, -0.1) is 36.2 Å². The summed E-state index contributed by atoms with van der Waals surface area (Å²) in [5.41, 5.74) is -0.192. The molecule has 6 heterocycles. The largest absolute Gasteiger partial charge is 0.433 e. The van der Waals surface area contributed by atoms with Gasteiger partial charge in [-0.25, -0.2) is 4.98 Å². The van der Waals surface area contributed by atoms with Crippen LogP contribution in [0, 0.1) is 30.1 Å². The Labute approximate surface area is 262 Å². The molecule has 43 heavy (non-hydrogen) atoms. The van der Waals surface area contributed by atoms with Gasteiger partial charge in [-0.05, 0) is 48.4 Å². The van der Waals surface area contributed by atoms with Crippen LogP contribution in [0.1, 0.15) is 46.8 Å². The Morgan fingerprint density at radius 2 is 1.84 bits per heavy atom. The molecule has 1 aliphatic carbocycles. The van der Waals surface area contributed by atoms with Crippen molar-refractivity contribution in [1.29, 1.82) is 0 Å². The molecule has 14 heteroatoms. The van der Waals surface area contributed by atoms with Gasteiger partial charge < -0.3 is 10.2 Å². The van der Waals surface area contributed by atoms with E-state index in [1.165, 1.54) is 29.4 Å². The Morgan fingerprint density at radius 1 is 1.14 bits per heavy atom. The van der Waals surface area contributed by atoms with Crippen LogP contribution in [0.15, 0.2) is 24.4 Å². The summed E-state index contributed by atoms with van der Waals surface area (Å²) in [6, 6.07) is 4.26. The first-order chi connectivity index (χ1) is 19.4. The van der Waals surface area contributed by atoms with Gasteiger partial charge in [-0.1, -0.05) is 13.8 Å². The number of carbonyl (C=O) groups excluding carboxylic acids is 3. The molecule has 3 amide bonds. The van der Waals surface area contributed by atoms with Gasteiger partial charge in [0.25, 0.3) is 5.91 Å². The number of nitrogens with one attached hydrogen (secondary N) is 1. The third-order valence-corrected chi connectivity index (χ3v) is 10.5. The lowest BCUT2D eigenvalue weighted by Gasteiger charge is -2.26. The van der Waals surface area contributed by atoms with Crippen LogP contribution in [-0.4, -0.2) is 63.2 Å². The number of carbonyl (C=O) groups is 3. The van der Waals surface area contributed by atoms with E-state index in [0.717, 1.165) is 19.0 Å². The SMILES string of the molecule is Cc1cc(C(F)(F)F)nc(-c2ccnc3cc(CN4C(=O)C5C(C4=O)C5(C)C)sc23)c1C(=O)N1CC[C@@H]2CNC[C@@H]21.Cl.Cl. The zero-order valence-electron chi connectivity index (χ0n) is 23.5. The van der Waals surface area contributed by atoms with Crippen molar-refractivity contribution in [3.8, 4) is 11.3 Å². The van der Waals surface area contributed by atoms with Crippen LogP contribution in [0.4, 0.5) is 13.2 Å². The molecule has 0 bridgehead atoms. The fraction of sp³-hybridized carbons (Fsp3) is 0.483. The molecule has 2 unspecified atom stereocenters. The van der Waals surface area contributed by atoms with E-state index >= 15 is 0 Å². The van der Waals surface area contributed by atoms with E-state index in [9.17, 15) is 27.6 Å². The fourth-order valence-electron chi connectivity index (χ4n) is 7.10. The number of halogens is 5. The lowest BCUT2D eigenvalue weighted by Crippen LogP contribution is -2.39. The highest BCUT2D eigenvalue weighted by Gasteiger charge is 2.72. The molecule has 0 spiro atoms. The van der Waals surface area contributed by atoms with Crippen LogP contribution in [-0.2, 0) is 22.3 Å². The van der Waals surface area contributed by atoms with Crippen molar-refractivity contribution in [3.63, 3.8) is 0 Å². The van der Waals surface area contributed by atoms with Gasteiger partial charge in [-0.2, -0.15) is 13.2 Å². The van der Waals surface area contributed by atoms with Crippen molar-refractivity contribution in [1.82, 2.24) is 25.1 Å². The van der Waals surface area contributed by atoms with Crippen LogP contribution in [0.2, 0.25) is 0 Å². The third kappa shape index (κ3) is 4.81. The number of likely N-dealkylation sites (tertiary alicyclic amines) is 2. The zero-order chi connectivity index (χ0) is 29.0. The molecule has 0 aromatic carbocycles. The third-order valence-electron chi connectivity index (χ3n) is 9.35. The van der Waals surface area contributed by atoms with E-state index in [2.05, 4.69) is 15.3 Å². The standard InChI is InChI=1S/C29H28F3N5O3S.2ClH/c1-13-8-19(29(30,31)32)35-23(20(13)25(38)36-7-5-14-10-33-11-18(14)36)16-4-6-34-17-9-15(41-24(16)17)12-37-26(39)21-22(27(37)40)28(21,2)3;;/h4,6,8-9,14,18,21-22,33H,5,7,10-12H2,1-3H3;2*1H/t14-,18+,21?,22?;;/m1../s1. The van der Waals surface area contributed by atoms with Crippen LogP contribution >= 0.6 is 36.2 Å². The average Bonchev–Trinajstić information content (AvgIpc) is 3.45. The second-order valence-corrected chi connectivity index (χ2v) is 13.3. The monoisotopic (exact) mass is 655 g/mol. The van der Waals surface area contributed by atoms with Gasteiger partial charge in [0, 0.05) is 42.3 Å². The quantitative estimate of drug-likeness (QED) is 0.393. The highest BCUT2D eigenvalue weighted by Crippen LogP contribution is 2.63. The number of piperidine rings is 1. The molecule has 230 valence electrons. The molecule has 3 aromatic heterocycles. The van der Waals surface area contributed by atoms with E-state index in [4.69, 9.17) is 0 Å². The smallest absolute Gasteiger partial charge is 0.334 e. The summed E-state index contributed by atoms with van der Waals surface area (Å²) < 4.78 is 42.4. The number of alkyl halides is 3. The lowest BCUT2D eigenvalue weighted by atomic mass is 9.98. The number of aromatic nitrogens is 2. The van der Waals surface area contributed by atoms with E-state index in [1.807, 2.05) is 13.8 Å². The Kier molecular flexibility index (Phi) is 7.85. The normalized spacial score (nSPS) is 25.4. The number of nitrogens with zero attached hydrogens (tertiary/aromatic N) is 4. The van der Waals surface area contributed by atoms with Gasteiger partial charge in [-0.3, -0.25) is 24.3 Å². The minimum Gasteiger partial charge on any atom is -0.334 e. The average molecular weight is 657 g/mol. The second-order valence-electron chi connectivity index (χ2n) is 12.1. The van der Waals surface area contributed by atoms with Crippen LogP contribution in [0.5, 0.6) is 0 Å². The van der Waals surface area contributed by atoms with Gasteiger partial charge in [0.15, 0.2) is 0 Å². The van der Waals surface area contributed by atoms with Gasteiger partial charge in [0.1, 0.15) is 5.69 Å². The summed E-state index contributed by atoms with van der Waals surface area (Å²) in [5, 5.41) is 3.31. The van der Waals surface area contributed by atoms with Crippen LogP contribution < -0.4 is 5.32 Å². The number of hydrogen-bond donors (Lipinski definition) is 1. The number of amides is 3. The van der Waals surface area contributed by atoms with Crippen molar-refractivity contribution in [2.45, 2.75) is 46.0 Å². The Hall–Kier alpha value is -2.80. The Morgan fingerprint density at radius 3 is 2.51 bits per heavy atom. The summed E-state index contributed by atoms with van der Waals surface area (Å²) in [4.78, 5) is 52.0. The van der Waals surface area contributed by atoms with E-state index < -0.39 is 11.9 Å². The van der Waals surface area contributed by atoms with Crippen molar-refractivity contribution in [3.05, 3.63) is 46.1 Å². The van der Waals surface area contributed by atoms with E-state index in [0.29, 0.717) is 39.7 Å². The molecule has 4 atom stereocenters. The number of hydrogen-bond acceptors (Lipinski definition) is 7. The molecule has 4 fully saturated rings. The number of fused-ring (bicyclic) bond motifs is 3. The lowest BCUT2D eigenvalue weighted by molar-refractivity contribution is -0.144. The molecule has 3 aliphatic heterocycles. The summed E-state index contributed by atoms with van der Waals surface area (Å²) in [6.07, 6.45) is -2.38. The Balaban J connectivity index is 0.00000184. The first-order valence-electron chi connectivity index (χ1n) is 13.7. The topological polar surface area (TPSA) is 95.5 Å². The molecule has 8 nitrogen and oxygen atoms in total. The zero-order valence-corrected chi connectivity index (χ0v) is 26.0. The van der Waals surface area contributed by atoms with Crippen molar-refractivity contribution < 1.29 is 27.6 Å². The van der Waals surface area contributed by atoms with Crippen molar-refractivity contribution in [2.75, 3.05) is 19.6 Å². The van der Waals surface area contributed by atoms with Crippen LogP contribution in [0.3, 0.4) is 0 Å². The highest BCUT2D eigenvalue weighted by molar-refractivity contribution is 7.19. The Bertz CT molecular complexity index is 1640. The highest BCUT2D eigenvalue weighted by atomic mass is 35.5. The molecule has 3 aromatic rings. The van der Waals surface area contributed by atoms with Gasteiger partial charge in [0.2, 0.25) is 11.8 Å². The van der Waals surface area contributed by atoms with E-state index in [1.54, 1.807) is 17.0 Å². The summed E-state index contributed by atoms with van der Waals surface area (Å²) in [5.74, 6) is -0.988. The molecule has 1 saturated carbocycles. The minimum absolute atomic E-state index is 0. The predicted octanol–water partition coefficient (Wildman–Crippen LogP) is 5.10. The van der Waals surface area contributed by atoms with Gasteiger partial charge >= 0.3 is 6.18 Å². The molecule has 1 N–H and O–H groups in total. The number of thiophene rings is 1. The molecule has 7 rings (SSSR count). The fourth-order valence-corrected chi connectivity index (χ4v) is 8.21. The minimum atomic E-state index is -4.70. The predicted molar refractivity (Wildman–Crippen MR) is 159 cm³/mol. The van der Waals surface area contributed by atoms with E-state index in [-0.39, 0.29) is 89.2 Å². The first kappa shape index (κ1) is 31.6. The summed E-state index contributed by atoms with van der Waals surface area (Å²) >= 11 is 1.25. The maximum atomic E-state index is 14.0. The maximum Gasteiger partial charge on any atom is 0.433 e. The molecular formula is C29H30Cl2F3N5O3S. The second kappa shape index (κ2) is 10.7. The maximum absolute atomic E-state index is 14.0. The molecule has 4 aliphatic rings. The van der Waals surface area contributed by atoms with Gasteiger partial charge in [0.05, 0.1) is 39.9 Å².